The van der Waals surface area contributed by atoms with E-state index in [1.165, 1.54) is 0 Å². The van der Waals surface area contributed by atoms with Gasteiger partial charge < -0.3 is 14.6 Å². The molecule has 0 spiro atoms. The van der Waals surface area contributed by atoms with Gasteiger partial charge in [0.05, 0.1) is 0 Å². The third-order valence-electron chi connectivity index (χ3n) is 3.48. The van der Waals surface area contributed by atoms with Crippen LogP contribution in [0.25, 0.3) is 0 Å². The molecule has 1 unspecified atom stereocenters. The van der Waals surface area contributed by atoms with Crippen molar-refractivity contribution in [1.29, 1.82) is 0 Å². The molecule has 20 heavy (non-hydrogen) atoms. The molecule has 0 bridgehead atoms. The standard InChI is InChI=1S/C15H19N3O2/c1-2-19-14(12-6-4-3-5-7-12)15-17-13(20-18-15)8-11-9-16-10-11/h3-7,11,14,16H,2,8-10H2,1H3. The average molecular weight is 273 g/mol. The Morgan fingerprint density at radius 1 is 1.35 bits per heavy atom. The average Bonchev–Trinajstić information content (AvgIpc) is 2.90. The van der Waals surface area contributed by atoms with Crippen LogP contribution < -0.4 is 5.32 Å². The molecule has 5 heteroatoms. The molecule has 1 aromatic heterocycles. The van der Waals surface area contributed by atoms with Crippen LogP contribution in [0.15, 0.2) is 34.9 Å². The van der Waals surface area contributed by atoms with E-state index in [-0.39, 0.29) is 6.10 Å². The lowest BCUT2D eigenvalue weighted by Crippen LogP contribution is -2.43. The Morgan fingerprint density at radius 2 is 2.15 bits per heavy atom. The lowest BCUT2D eigenvalue weighted by molar-refractivity contribution is 0.0833. The predicted molar refractivity (Wildman–Crippen MR) is 74.3 cm³/mol. The van der Waals surface area contributed by atoms with Gasteiger partial charge in [0.25, 0.3) is 0 Å². The van der Waals surface area contributed by atoms with Gasteiger partial charge in [-0.15, -0.1) is 0 Å². The third kappa shape index (κ3) is 2.89. The molecule has 1 aliphatic heterocycles. The first-order valence-corrected chi connectivity index (χ1v) is 7.06. The molecule has 0 radical (unpaired) electrons. The van der Waals surface area contributed by atoms with Crippen LogP contribution >= 0.6 is 0 Å². The highest BCUT2D eigenvalue weighted by Gasteiger charge is 2.24. The van der Waals surface area contributed by atoms with Crippen LogP contribution in [0.5, 0.6) is 0 Å². The summed E-state index contributed by atoms with van der Waals surface area (Å²) < 4.78 is 11.1. The Bertz CT molecular complexity index is 537. The van der Waals surface area contributed by atoms with Gasteiger partial charge in [0.2, 0.25) is 11.7 Å². The number of nitrogens with one attached hydrogen (secondary N) is 1. The topological polar surface area (TPSA) is 60.2 Å². The molecular weight excluding hydrogens is 254 g/mol. The van der Waals surface area contributed by atoms with Gasteiger partial charge in [0, 0.05) is 13.0 Å². The van der Waals surface area contributed by atoms with Crippen molar-refractivity contribution >= 4 is 0 Å². The number of ether oxygens (including phenoxy) is 1. The van der Waals surface area contributed by atoms with Crippen LogP contribution in [-0.4, -0.2) is 29.8 Å². The highest BCUT2D eigenvalue weighted by Crippen LogP contribution is 2.24. The molecule has 1 saturated heterocycles. The normalized spacial score (nSPS) is 16.9. The maximum Gasteiger partial charge on any atom is 0.227 e. The molecule has 2 aromatic rings. The Kier molecular flexibility index (Phi) is 4.08. The van der Waals surface area contributed by atoms with Crippen LogP contribution in [0.2, 0.25) is 0 Å². The van der Waals surface area contributed by atoms with Crippen molar-refractivity contribution in [2.24, 2.45) is 5.92 Å². The molecule has 1 fully saturated rings. The number of nitrogens with zero attached hydrogens (tertiary/aromatic N) is 2. The Balaban J connectivity index is 1.77. The zero-order valence-corrected chi connectivity index (χ0v) is 11.6. The molecule has 106 valence electrons. The van der Waals surface area contributed by atoms with Gasteiger partial charge in [-0.1, -0.05) is 35.5 Å². The first kappa shape index (κ1) is 13.3. The summed E-state index contributed by atoms with van der Waals surface area (Å²) in [6, 6.07) is 10.0. The van der Waals surface area contributed by atoms with Gasteiger partial charge >= 0.3 is 0 Å². The lowest BCUT2D eigenvalue weighted by atomic mass is 10.00. The molecule has 0 amide bonds. The summed E-state index contributed by atoms with van der Waals surface area (Å²) in [7, 11) is 0. The summed E-state index contributed by atoms with van der Waals surface area (Å²) in [5, 5.41) is 7.33. The highest BCUT2D eigenvalue weighted by molar-refractivity contribution is 5.22. The number of aromatic nitrogens is 2. The summed E-state index contributed by atoms with van der Waals surface area (Å²) >= 11 is 0. The number of benzene rings is 1. The molecule has 1 N–H and O–H groups in total. The minimum Gasteiger partial charge on any atom is -0.366 e. The Morgan fingerprint density at radius 3 is 2.80 bits per heavy atom. The number of hydrogen-bond acceptors (Lipinski definition) is 5. The van der Waals surface area contributed by atoms with Crippen molar-refractivity contribution in [3.05, 3.63) is 47.6 Å². The monoisotopic (exact) mass is 273 g/mol. The third-order valence-corrected chi connectivity index (χ3v) is 3.48. The smallest absolute Gasteiger partial charge is 0.227 e. The Labute approximate surface area is 118 Å². The lowest BCUT2D eigenvalue weighted by Gasteiger charge is -2.25. The van der Waals surface area contributed by atoms with Gasteiger partial charge in [0.15, 0.2) is 0 Å². The van der Waals surface area contributed by atoms with Crippen LogP contribution in [0.1, 0.15) is 30.3 Å². The van der Waals surface area contributed by atoms with Crippen molar-refractivity contribution in [3.63, 3.8) is 0 Å². The fourth-order valence-electron chi connectivity index (χ4n) is 2.31. The minimum atomic E-state index is -0.252. The number of rotatable bonds is 6. The first-order valence-electron chi connectivity index (χ1n) is 7.06. The molecule has 5 nitrogen and oxygen atoms in total. The molecular formula is C15H19N3O2. The first-order chi connectivity index (χ1) is 9.86. The second kappa shape index (κ2) is 6.15. The van der Waals surface area contributed by atoms with Crippen molar-refractivity contribution < 1.29 is 9.26 Å². The van der Waals surface area contributed by atoms with Gasteiger partial charge in [-0.3, -0.25) is 0 Å². The van der Waals surface area contributed by atoms with Crippen molar-refractivity contribution in [2.45, 2.75) is 19.4 Å². The van der Waals surface area contributed by atoms with E-state index in [1.54, 1.807) is 0 Å². The number of hydrogen-bond donors (Lipinski definition) is 1. The molecule has 1 atom stereocenters. The van der Waals surface area contributed by atoms with E-state index in [0.717, 1.165) is 25.1 Å². The van der Waals surface area contributed by atoms with Crippen LogP contribution in [0.4, 0.5) is 0 Å². The summed E-state index contributed by atoms with van der Waals surface area (Å²) in [5.41, 5.74) is 1.05. The minimum absolute atomic E-state index is 0.252. The van der Waals surface area contributed by atoms with Gasteiger partial charge in [-0.2, -0.15) is 4.98 Å². The summed E-state index contributed by atoms with van der Waals surface area (Å²) in [4.78, 5) is 4.50. The van der Waals surface area contributed by atoms with E-state index in [2.05, 4.69) is 15.5 Å². The van der Waals surface area contributed by atoms with E-state index >= 15 is 0 Å². The van der Waals surface area contributed by atoms with Crippen LogP contribution in [-0.2, 0) is 11.2 Å². The van der Waals surface area contributed by atoms with Gasteiger partial charge in [0.1, 0.15) is 6.10 Å². The van der Waals surface area contributed by atoms with Crippen molar-refractivity contribution in [1.82, 2.24) is 15.5 Å². The fraction of sp³-hybridized carbons (Fsp3) is 0.467. The van der Waals surface area contributed by atoms with Gasteiger partial charge in [-0.05, 0) is 31.5 Å². The summed E-state index contributed by atoms with van der Waals surface area (Å²) in [6.45, 7) is 4.64. The second-order valence-electron chi connectivity index (χ2n) is 5.02. The van der Waals surface area contributed by atoms with Crippen molar-refractivity contribution in [3.8, 4) is 0 Å². The van der Waals surface area contributed by atoms with E-state index in [4.69, 9.17) is 9.26 Å². The van der Waals surface area contributed by atoms with E-state index < -0.39 is 0 Å². The summed E-state index contributed by atoms with van der Waals surface area (Å²) in [5.74, 6) is 1.93. The van der Waals surface area contributed by atoms with E-state index in [1.807, 2.05) is 37.3 Å². The Hall–Kier alpha value is -1.72. The molecule has 3 rings (SSSR count). The molecule has 2 heterocycles. The maximum atomic E-state index is 5.78. The predicted octanol–water partition coefficient (Wildman–Crippen LogP) is 1.96. The molecule has 0 saturated carbocycles. The van der Waals surface area contributed by atoms with Crippen molar-refractivity contribution in [2.75, 3.05) is 19.7 Å². The largest absolute Gasteiger partial charge is 0.366 e. The summed E-state index contributed by atoms with van der Waals surface area (Å²) in [6.07, 6.45) is 0.589. The van der Waals surface area contributed by atoms with E-state index in [0.29, 0.717) is 24.2 Å². The molecule has 1 aromatic carbocycles. The maximum absolute atomic E-state index is 5.78. The molecule has 0 aliphatic carbocycles. The van der Waals surface area contributed by atoms with Crippen LogP contribution in [0.3, 0.4) is 0 Å². The van der Waals surface area contributed by atoms with Crippen LogP contribution in [0, 0.1) is 5.92 Å². The molecule has 1 aliphatic rings. The highest BCUT2D eigenvalue weighted by atomic mass is 16.5. The second-order valence-corrected chi connectivity index (χ2v) is 5.02. The zero-order valence-electron chi connectivity index (χ0n) is 11.6. The quantitative estimate of drug-likeness (QED) is 0.871. The van der Waals surface area contributed by atoms with E-state index in [9.17, 15) is 0 Å². The zero-order chi connectivity index (χ0) is 13.8. The van der Waals surface area contributed by atoms with Gasteiger partial charge in [-0.25, -0.2) is 0 Å². The fourth-order valence-corrected chi connectivity index (χ4v) is 2.31. The SMILES string of the molecule is CCOC(c1ccccc1)c1noc(CC2CNC2)n1.